The molecule has 2 heterocycles. The van der Waals surface area contributed by atoms with E-state index in [0.717, 1.165) is 0 Å². The van der Waals surface area contributed by atoms with Crippen molar-refractivity contribution in [2.45, 2.75) is 38.8 Å². The number of hydrogen-bond acceptors (Lipinski definition) is 5. The molecule has 1 aliphatic heterocycles. The molecule has 0 saturated carbocycles. The number of nitrogens with zero attached hydrogens (tertiary/aromatic N) is 5. The van der Waals surface area contributed by atoms with Crippen LogP contribution in [0.15, 0.2) is 0 Å². The molecule has 104 valence electrons. The van der Waals surface area contributed by atoms with E-state index in [1.54, 1.807) is 18.9 Å². The molecule has 1 atom stereocenters. The van der Waals surface area contributed by atoms with Gasteiger partial charge in [0.05, 0.1) is 13.6 Å². The number of tetrazole rings is 1. The van der Waals surface area contributed by atoms with Gasteiger partial charge in [-0.3, -0.25) is 9.59 Å². The smallest absolute Gasteiger partial charge is 0.248 e. The molecule has 0 bridgehead atoms. The van der Waals surface area contributed by atoms with Crippen LogP contribution in [0.4, 0.5) is 0 Å². The quantitative estimate of drug-likeness (QED) is 0.775. The molecule has 1 aliphatic rings. The SMILES string of the molecule is CCC1(C)NC(=O)CCN(Cc2nnn(C)n2)C1=O. The summed E-state index contributed by atoms with van der Waals surface area (Å²) >= 11 is 0. The summed E-state index contributed by atoms with van der Waals surface area (Å²) in [6.07, 6.45) is 0.837. The van der Waals surface area contributed by atoms with E-state index >= 15 is 0 Å². The lowest BCUT2D eigenvalue weighted by Crippen LogP contribution is -2.54. The summed E-state index contributed by atoms with van der Waals surface area (Å²) in [5, 5.41) is 14.4. The van der Waals surface area contributed by atoms with Crippen molar-refractivity contribution in [2.75, 3.05) is 6.54 Å². The molecule has 2 amide bonds. The van der Waals surface area contributed by atoms with E-state index in [1.807, 2.05) is 6.92 Å². The molecule has 0 radical (unpaired) electrons. The highest BCUT2D eigenvalue weighted by molar-refractivity contribution is 5.93. The van der Waals surface area contributed by atoms with Crippen molar-refractivity contribution < 1.29 is 9.59 Å². The summed E-state index contributed by atoms with van der Waals surface area (Å²) in [7, 11) is 1.67. The van der Waals surface area contributed by atoms with Gasteiger partial charge in [-0.15, -0.1) is 10.2 Å². The van der Waals surface area contributed by atoms with Crippen molar-refractivity contribution in [3.8, 4) is 0 Å². The van der Waals surface area contributed by atoms with E-state index in [0.29, 0.717) is 25.2 Å². The maximum absolute atomic E-state index is 12.5. The Bertz CT molecular complexity index is 499. The molecule has 1 aromatic rings. The molecule has 19 heavy (non-hydrogen) atoms. The highest BCUT2D eigenvalue weighted by atomic mass is 16.2. The van der Waals surface area contributed by atoms with Crippen LogP contribution in [0, 0.1) is 0 Å². The van der Waals surface area contributed by atoms with Gasteiger partial charge in [0.1, 0.15) is 5.54 Å². The average molecular weight is 266 g/mol. The minimum Gasteiger partial charge on any atom is -0.342 e. The molecule has 8 heteroatoms. The van der Waals surface area contributed by atoms with Gasteiger partial charge in [0.25, 0.3) is 0 Å². The third kappa shape index (κ3) is 2.72. The molecule has 1 unspecified atom stereocenters. The van der Waals surface area contributed by atoms with Gasteiger partial charge in [-0.25, -0.2) is 0 Å². The fourth-order valence-electron chi connectivity index (χ4n) is 2.06. The Morgan fingerprint density at radius 2 is 2.16 bits per heavy atom. The lowest BCUT2D eigenvalue weighted by atomic mass is 9.97. The molecule has 0 spiro atoms. The van der Waals surface area contributed by atoms with Crippen LogP contribution >= 0.6 is 0 Å². The van der Waals surface area contributed by atoms with E-state index < -0.39 is 5.54 Å². The molecule has 0 aromatic carbocycles. The molecule has 2 rings (SSSR count). The summed E-state index contributed by atoms with van der Waals surface area (Å²) in [6.45, 7) is 4.27. The lowest BCUT2D eigenvalue weighted by Gasteiger charge is -2.30. The van der Waals surface area contributed by atoms with Gasteiger partial charge in [0, 0.05) is 13.0 Å². The predicted octanol–water partition coefficient (Wildman–Crippen LogP) is -0.773. The van der Waals surface area contributed by atoms with E-state index in [-0.39, 0.29) is 18.4 Å². The Balaban J connectivity index is 2.19. The fraction of sp³-hybridized carbons (Fsp3) is 0.727. The largest absolute Gasteiger partial charge is 0.342 e. The number of aromatic nitrogens is 4. The van der Waals surface area contributed by atoms with Gasteiger partial charge < -0.3 is 10.2 Å². The van der Waals surface area contributed by atoms with Gasteiger partial charge >= 0.3 is 0 Å². The summed E-state index contributed by atoms with van der Waals surface area (Å²) < 4.78 is 0. The number of hydrogen-bond donors (Lipinski definition) is 1. The third-order valence-corrected chi connectivity index (χ3v) is 3.37. The molecule has 1 aromatic heterocycles. The van der Waals surface area contributed by atoms with Crippen molar-refractivity contribution >= 4 is 11.8 Å². The summed E-state index contributed by atoms with van der Waals surface area (Å²) in [6, 6.07) is 0. The second-order valence-corrected chi connectivity index (χ2v) is 4.91. The predicted molar refractivity (Wildman–Crippen MR) is 65.7 cm³/mol. The second-order valence-electron chi connectivity index (χ2n) is 4.91. The zero-order valence-electron chi connectivity index (χ0n) is 11.4. The Morgan fingerprint density at radius 3 is 2.74 bits per heavy atom. The first kappa shape index (κ1) is 13.4. The Kier molecular flexibility index (Phi) is 3.50. The molecule has 0 aliphatic carbocycles. The molecular weight excluding hydrogens is 248 g/mol. The lowest BCUT2D eigenvalue weighted by molar-refractivity contribution is -0.138. The summed E-state index contributed by atoms with van der Waals surface area (Å²) in [4.78, 5) is 27.1. The molecule has 8 nitrogen and oxygen atoms in total. The maximum Gasteiger partial charge on any atom is 0.248 e. The van der Waals surface area contributed by atoms with Crippen molar-refractivity contribution in [1.29, 1.82) is 0 Å². The molecule has 1 N–H and O–H groups in total. The molecule has 1 saturated heterocycles. The number of rotatable bonds is 3. The zero-order chi connectivity index (χ0) is 14.0. The normalized spacial score (nSPS) is 24.3. The first-order valence-electron chi connectivity index (χ1n) is 6.28. The first-order valence-corrected chi connectivity index (χ1v) is 6.28. The van der Waals surface area contributed by atoms with E-state index in [4.69, 9.17) is 0 Å². The van der Waals surface area contributed by atoms with Gasteiger partial charge in [0.15, 0.2) is 5.82 Å². The summed E-state index contributed by atoms with van der Waals surface area (Å²) in [5.41, 5.74) is -0.851. The number of aryl methyl sites for hydroxylation is 1. The van der Waals surface area contributed by atoms with E-state index in [9.17, 15) is 9.59 Å². The van der Waals surface area contributed by atoms with Crippen LogP contribution in [-0.2, 0) is 23.2 Å². The average Bonchev–Trinajstić information content (AvgIpc) is 2.74. The fourth-order valence-corrected chi connectivity index (χ4v) is 2.06. The number of carbonyl (C=O) groups is 2. The Labute approximate surface area is 111 Å². The zero-order valence-corrected chi connectivity index (χ0v) is 11.4. The van der Waals surface area contributed by atoms with Crippen LogP contribution in [0.5, 0.6) is 0 Å². The second kappa shape index (κ2) is 4.94. The van der Waals surface area contributed by atoms with Crippen LogP contribution in [0.2, 0.25) is 0 Å². The van der Waals surface area contributed by atoms with Gasteiger partial charge in [-0.1, -0.05) is 6.92 Å². The molecule has 1 fully saturated rings. The van der Waals surface area contributed by atoms with Gasteiger partial charge in [-0.2, -0.15) is 4.80 Å². The van der Waals surface area contributed by atoms with Crippen LogP contribution in [0.1, 0.15) is 32.5 Å². The van der Waals surface area contributed by atoms with Crippen LogP contribution < -0.4 is 5.32 Å². The van der Waals surface area contributed by atoms with E-state index in [2.05, 4.69) is 20.7 Å². The Morgan fingerprint density at radius 1 is 1.42 bits per heavy atom. The first-order chi connectivity index (χ1) is 8.94. The van der Waals surface area contributed by atoms with E-state index in [1.165, 1.54) is 4.80 Å². The van der Waals surface area contributed by atoms with Crippen LogP contribution in [0.25, 0.3) is 0 Å². The topological polar surface area (TPSA) is 93.0 Å². The number of amides is 2. The molecular formula is C11H18N6O2. The number of nitrogens with one attached hydrogen (secondary N) is 1. The van der Waals surface area contributed by atoms with Crippen LogP contribution in [-0.4, -0.2) is 49.0 Å². The van der Waals surface area contributed by atoms with Gasteiger partial charge in [0.2, 0.25) is 11.8 Å². The van der Waals surface area contributed by atoms with Crippen molar-refractivity contribution in [1.82, 2.24) is 30.4 Å². The summed E-state index contributed by atoms with van der Waals surface area (Å²) in [5.74, 6) is 0.268. The highest BCUT2D eigenvalue weighted by Crippen LogP contribution is 2.18. The monoisotopic (exact) mass is 266 g/mol. The number of carbonyl (C=O) groups excluding carboxylic acids is 2. The van der Waals surface area contributed by atoms with Gasteiger partial charge in [-0.05, 0) is 18.6 Å². The Hall–Kier alpha value is -1.99. The third-order valence-electron chi connectivity index (χ3n) is 3.37. The van der Waals surface area contributed by atoms with Crippen LogP contribution in [0.3, 0.4) is 0 Å². The highest BCUT2D eigenvalue weighted by Gasteiger charge is 2.39. The van der Waals surface area contributed by atoms with Crippen molar-refractivity contribution in [3.63, 3.8) is 0 Å². The minimum absolute atomic E-state index is 0.103. The minimum atomic E-state index is -0.851. The maximum atomic E-state index is 12.5. The van der Waals surface area contributed by atoms with Crippen molar-refractivity contribution in [2.24, 2.45) is 7.05 Å². The van der Waals surface area contributed by atoms with Crippen molar-refractivity contribution in [3.05, 3.63) is 5.82 Å². The standard InChI is InChI=1S/C11H18N6O2/c1-4-11(2)10(19)17(6-5-9(18)12-11)7-8-13-15-16(3)14-8/h4-7H2,1-3H3,(H,12,18).